The summed E-state index contributed by atoms with van der Waals surface area (Å²) < 4.78 is 0. The Morgan fingerprint density at radius 2 is 1.95 bits per heavy atom. The van der Waals surface area contributed by atoms with E-state index < -0.39 is 17.3 Å². The highest BCUT2D eigenvalue weighted by Gasteiger charge is 2.28. The molecule has 21 heavy (non-hydrogen) atoms. The number of carbonyl (C=O) groups is 2. The number of nitrogens with one attached hydrogen (secondary N) is 1. The predicted octanol–water partition coefficient (Wildman–Crippen LogP) is 1.11. The van der Waals surface area contributed by atoms with Crippen molar-refractivity contribution >= 4 is 11.9 Å². The number of rotatable bonds is 5. The lowest BCUT2D eigenvalue weighted by atomic mass is 9.94. The van der Waals surface area contributed by atoms with E-state index >= 15 is 0 Å². The Morgan fingerprint density at radius 1 is 1.29 bits per heavy atom. The number of nitrogens with zero attached hydrogens (tertiary/aromatic N) is 3. The molecule has 0 fully saturated rings. The van der Waals surface area contributed by atoms with Gasteiger partial charge in [-0.25, -0.2) is 0 Å². The summed E-state index contributed by atoms with van der Waals surface area (Å²) in [6.07, 6.45) is 1.34. The van der Waals surface area contributed by atoms with E-state index in [0.717, 1.165) is 5.69 Å². The van der Waals surface area contributed by atoms with Crippen LogP contribution < -0.4 is 5.32 Å². The first kappa shape index (κ1) is 14.7. The van der Waals surface area contributed by atoms with Gasteiger partial charge < -0.3 is 10.4 Å². The second-order valence-electron chi connectivity index (χ2n) is 5.23. The Kier molecular flexibility index (Phi) is 4.02. The van der Waals surface area contributed by atoms with E-state index in [-0.39, 0.29) is 12.2 Å². The molecule has 1 amide bonds. The SMILES string of the molecule is CC(C)(CNC(=O)c1cnn(-c2ccccc2)n1)C(=O)O. The van der Waals surface area contributed by atoms with Crippen molar-refractivity contribution in [3.63, 3.8) is 0 Å². The topological polar surface area (TPSA) is 97.1 Å². The Bertz CT molecular complexity index is 649. The zero-order valence-electron chi connectivity index (χ0n) is 11.8. The normalized spacial score (nSPS) is 11.1. The van der Waals surface area contributed by atoms with Crippen LogP contribution in [-0.2, 0) is 4.79 Å². The van der Waals surface area contributed by atoms with Crippen molar-refractivity contribution in [2.45, 2.75) is 13.8 Å². The van der Waals surface area contributed by atoms with E-state index in [1.165, 1.54) is 24.8 Å². The minimum atomic E-state index is -1.04. The Morgan fingerprint density at radius 3 is 2.57 bits per heavy atom. The number of carbonyl (C=O) groups excluding carboxylic acids is 1. The molecule has 110 valence electrons. The minimum Gasteiger partial charge on any atom is -0.481 e. The molecule has 0 saturated heterocycles. The molecule has 0 spiro atoms. The number of carboxylic acids is 1. The van der Waals surface area contributed by atoms with Crippen LogP contribution in [0.15, 0.2) is 36.5 Å². The maximum Gasteiger partial charge on any atom is 0.310 e. The van der Waals surface area contributed by atoms with Crippen molar-refractivity contribution in [3.05, 3.63) is 42.2 Å². The molecule has 0 bridgehead atoms. The molecule has 2 aromatic rings. The first-order valence-electron chi connectivity index (χ1n) is 6.39. The molecule has 2 N–H and O–H groups in total. The van der Waals surface area contributed by atoms with Crippen LogP contribution in [-0.4, -0.2) is 38.5 Å². The maximum atomic E-state index is 11.9. The largest absolute Gasteiger partial charge is 0.481 e. The van der Waals surface area contributed by atoms with E-state index in [1.807, 2.05) is 30.3 Å². The van der Waals surface area contributed by atoms with Crippen molar-refractivity contribution in [1.29, 1.82) is 0 Å². The second-order valence-corrected chi connectivity index (χ2v) is 5.23. The number of carboxylic acid groups (broad SMARTS) is 1. The van der Waals surface area contributed by atoms with E-state index in [9.17, 15) is 9.59 Å². The van der Waals surface area contributed by atoms with E-state index in [1.54, 1.807) is 0 Å². The number of aromatic nitrogens is 3. The van der Waals surface area contributed by atoms with Gasteiger partial charge in [0, 0.05) is 6.54 Å². The van der Waals surface area contributed by atoms with E-state index in [0.29, 0.717) is 0 Å². The molecular weight excluding hydrogens is 272 g/mol. The third-order valence-electron chi connectivity index (χ3n) is 2.98. The minimum absolute atomic E-state index is 0.0133. The summed E-state index contributed by atoms with van der Waals surface area (Å²) in [6, 6.07) is 9.18. The summed E-state index contributed by atoms with van der Waals surface area (Å²) in [7, 11) is 0. The summed E-state index contributed by atoms with van der Waals surface area (Å²) >= 11 is 0. The molecule has 1 heterocycles. The van der Waals surface area contributed by atoms with Gasteiger partial charge in [-0.1, -0.05) is 18.2 Å². The average molecular weight is 288 g/mol. The third kappa shape index (κ3) is 3.44. The molecular formula is C14H16N4O3. The Balaban J connectivity index is 2.05. The molecule has 7 nitrogen and oxygen atoms in total. The van der Waals surface area contributed by atoms with Gasteiger partial charge in [-0.15, -0.1) is 5.10 Å². The third-order valence-corrected chi connectivity index (χ3v) is 2.98. The number of benzene rings is 1. The molecule has 0 aliphatic rings. The Labute approximate surface area is 121 Å². The van der Waals surface area contributed by atoms with Crippen LogP contribution in [0, 0.1) is 5.41 Å². The standard InChI is InChI=1S/C14H16N4O3/c1-14(2,13(20)21)9-15-12(19)11-8-16-18(17-11)10-6-4-3-5-7-10/h3-8H,9H2,1-2H3,(H,15,19)(H,20,21). The van der Waals surface area contributed by atoms with Crippen molar-refractivity contribution < 1.29 is 14.7 Å². The van der Waals surface area contributed by atoms with Crippen LogP contribution >= 0.6 is 0 Å². The van der Waals surface area contributed by atoms with Gasteiger partial charge in [-0.2, -0.15) is 9.90 Å². The molecule has 0 unspecified atom stereocenters. The van der Waals surface area contributed by atoms with Crippen molar-refractivity contribution in [3.8, 4) is 5.69 Å². The molecule has 1 aromatic heterocycles. The quantitative estimate of drug-likeness (QED) is 0.859. The smallest absolute Gasteiger partial charge is 0.310 e. The molecule has 0 saturated carbocycles. The number of amides is 1. The molecule has 0 atom stereocenters. The summed E-state index contributed by atoms with van der Waals surface area (Å²) in [4.78, 5) is 24.3. The fourth-order valence-corrected chi connectivity index (χ4v) is 1.52. The molecule has 0 aliphatic heterocycles. The van der Waals surface area contributed by atoms with Crippen molar-refractivity contribution in [2.75, 3.05) is 6.54 Å². The second kappa shape index (κ2) is 5.74. The number of aliphatic carboxylic acids is 1. The van der Waals surface area contributed by atoms with Gasteiger partial charge in [-0.3, -0.25) is 9.59 Å². The van der Waals surface area contributed by atoms with Gasteiger partial charge >= 0.3 is 5.97 Å². The lowest BCUT2D eigenvalue weighted by Crippen LogP contribution is -2.39. The van der Waals surface area contributed by atoms with Gasteiger partial charge in [-0.05, 0) is 26.0 Å². The van der Waals surface area contributed by atoms with Crippen LogP contribution in [0.2, 0.25) is 0 Å². The number of hydrogen-bond donors (Lipinski definition) is 2. The first-order chi connectivity index (χ1) is 9.90. The van der Waals surface area contributed by atoms with Crippen LogP contribution in [0.1, 0.15) is 24.3 Å². The van der Waals surface area contributed by atoms with Crippen molar-refractivity contribution in [1.82, 2.24) is 20.3 Å². The van der Waals surface area contributed by atoms with Crippen molar-refractivity contribution in [2.24, 2.45) is 5.41 Å². The molecule has 2 rings (SSSR count). The fraction of sp³-hybridized carbons (Fsp3) is 0.286. The Hall–Kier alpha value is -2.70. The van der Waals surface area contributed by atoms with Crippen LogP contribution in [0.3, 0.4) is 0 Å². The fourth-order valence-electron chi connectivity index (χ4n) is 1.52. The number of hydrogen-bond acceptors (Lipinski definition) is 4. The summed E-state index contributed by atoms with van der Waals surface area (Å²) in [5, 5.41) is 19.6. The van der Waals surface area contributed by atoms with Gasteiger partial charge in [0.15, 0.2) is 5.69 Å². The van der Waals surface area contributed by atoms with Gasteiger partial charge in [0.25, 0.3) is 5.91 Å². The first-order valence-corrected chi connectivity index (χ1v) is 6.39. The predicted molar refractivity (Wildman–Crippen MR) is 75.1 cm³/mol. The lowest BCUT2D eigenvalue weighted by molar-refractivity contribution is -0.146. The molecule has 7 heteroatoms. The summed E-state index contributed by atoms with van der Waals surface area (Å²) in [5.41, 5.74) is -0.159. The van der Waals surface area contributed by atoms with Crippen LogP contribution in [0.5, 0.6) is 0 Å². The highest BCUT2D eigenvalue weighted by atomic mass is 16.4. The van der Waals surface area contributed by atoms with Crippen LogP contribution in [0.4, 0.5) is 0 Å². The summed E-state index contributed by atoms with van der Waals surface area (Å²) in [6.45, 7) is 3.09. The number of para-hydroxylation sites is 1. The summed E-state index contributed by atoms with van der Waals surface area (Å²) in [5.74, 6) is -1.43. The van der Waals surface area contributed by atoms with E-state index in [2.05, 4.69) is 15.5 Å². The highest BCUT2D eigenvalue weighted by Crippen LogP contribution is 2.13. The average Bonchev–Trinajstić information content (AvgIpc) is 2.95. The maximum absolute atomic E-state index is 11.9. The monoisotopic (exact) mass is 288 g/mol. The highest BCUT2D eigenvalue weighted by molar-refractivity contribution is 5.92. The zero-order chi connectivity index (χ0) is 15.5. The molecule has 1 aromatic carbocycles. The van der Waals surface area contributed by atoms with Gasteiger partial charge in [0.2, 0.25) is 0 Å². The molecule has 0 radical (unpaired) electrons. The van der Waals surface area contributed by atoms with E-state index in [4.69, 9.17) is 5.11 Å². The van der Waals surface area contributed by atoms with Gasteiger partial charge in [0.1, 0.15) is 0 Å². The van der Waals surface area contributed by atoms with Gasteiger partial charge in [0.05, 0.1) is 17.3 Å². The zero-order valence-corrected chi connectivity index (χ0v) is 11.8. The molecule has 0 aliphatic carbocycles. The lowest BCUT2D eigenvalue weighted by Gasteiger charge is -2.18. The van der Waals surface area contributed by atoms with Crippen LogP contribution in [0.25, 0.3) is 5.69 Å².